The fourth-order valence-electron chi connectivity index (χ4n) is 3.24. The minimum Gasteiger partial charge on any atom is -0.337 e. The Morgan fingerprint density at radius 3 is 2.38 bits per heavy atom. The first-order chi connectivity index (χ1) is 12.7. The molecule has 3 aromatic rings. The highest BCUT2D eigenvalue weighted by atomic mass is 16.2. The van der Waals surface area contributed by atoms with E-state index in [0.717, 1.165) is 29.9 Å². The van der Waals surface area contributed by atoms with Gasteiger partial charge in [0.15, 0.2) is 0 Å². The third-order valence-electron chi connectivity index (χ3n) is 4.76. The number of hydrogen-bond donors (Lipinski definition) is 0. The first-order valence-corrected chi connectivity index (χ1v) is 8.83. The molecule has 130 valence electrons. The molecule has 1 aliphatic rings. The van der Waals surface area contributed by atoms with E-state index in [1.807, 2.05) is 70.4 Å². The summed E-state index contributed by atoms with van der Waals surface area (Å²) >= 11 is 0. The number of hydrogen-bond acceptors (Lipinski definition) is 2. The summed E-state index contributed by atoms with van der Waals surface area (Å²) in [5.41, 5.74) is 3.52. The van der Waals surface area contributed by atoms with Crippen LogP contribution in [-0.4, -0.2) is 33.7 Å². The number of aromatic nitrogens is 2. The minimum absolute atomic E-state index is 0.0428. The molecule has 1 aromatic heterocycles. The Morgan fingerprint density at radius 2 is 1.73 bits per heavy atom. The van der Waals surface area contributed by atoms with Crippen molar-refractivity contribution in [2.45, 2.75) is 6.54 Å². The fourth-order valence-corrected chi connectivity index (χ4v) is 3.24. The summed E-state index contributed by atoms with van der Waals surface area (Å²) in [6.07, 6.45) is 3.79. The van der Waals surface area contributed by atoms with E-state index in [-0.39, 0.29) is 5.91 Å². The molecule has 0 bridgehead atoms. The lowest BCUT2D eigenvalue weighted by molar-refractivity contribution is 0.0569. The number of benzene rings is 2. The van der Waals surface area contributed by atoms with Crippen LogP contribution in [0, 0.1) is 5.92 Å². The van der Waals surface area contributed by atoms with Gasteiger partial charge >= 0.3 is 0 Å². The van der Waals surface area contributed by atoms with Gasteiger partial charge in [0, 0.05) is 30.8 Å². The Labute approximate surface area is 153 Å². The van der Waals surface area contributed by atoms with Crippen LogP contribution in [0.2, 0.25) is 0 Å². The Hall–Kier alpha value is -3.14. The van der Waals surface area contributed by atoms with Crippen LogP contribution in [0.1, 0.15) is 15.9 Å². The molecule has 0 aliphatic carbocycles. The maximum absolute atomic E-state index is 13.0. The highest BCUT2D eigenvalue weighted by molar-refractivity contribution is 6.00. The van der Waals surface area contributed by atoms with Crippen LogP contribution in [0.25, 0.3) is 11.3 Å². The normalized spacial score (nSPS) is 14.1. The lowest BCUT2D eigenvalue weighted by Crippen LogP contribution is -2.49. The van der Waals surface area contributed by atoms with Crippen molar-refractivity contribution in [2.75, 3.05) is 13.1 Å². The van der Waals surface area contributed by atoms with E-state index < -0.39 is 0 Å². The fraction of sp³-hybridized carbons (Fsp3) is 0.182. The Morgan fingerprint density at radius 1 is 1.08 bits per heavy atom. The number of rotatable bonds is 5. The van der Waals surface area contributed by atoms with Crippen LogP contribution in [-0.2, 0) is 6.54 Å². The summed E-state index contributed by atoms with van der Waals surface area (Å²) in [7, 11) is 0. The Balaban J connectivity index is 1.67. The molecule has 1 saturated heterocycles. The molecule has 0 N–H and O–H groups in total. The maximum Gasteiger partial charge on any atom is 0.257 e. The monoisotopic (exact) mass is 343 g/mol. The number of nitrogens with zero attached hydrogens (tertiary/aromatic N) is 3. The first kappa shape index (κ1) is 16.3. The minimum atomic E-state index is 0.0428. The molecule has 4 nitrogen and oxygen atoms in total. The lowest BCUT2D eigenvalue weighted by atomic mass is 9.98. The van der Waals surface area contributed by atoms with Crippen LogP contribution in [0.3, 0.4) is 0 Å². The first-order valence-electron chi connectivity index (χ1n) is 8.83. The van der Waals surface area contributed by atoms with Crippen LogP contribution in [0.4, 0.5) is 0 Å². The number of carbonyl (C=O) groups is 1. The highest BCUT2D eigenvalue weighted by Gasteiger charge is 2.31. The molecule has 26 heavy (non-hydrogen) atoms. The zero-order valence-corrected chi connectivity index (χ0v) is 14.6. The molecule has 2 heterocycles. The molecule has 1 aliphatic heterocycles. The predicted molar refractivity (Wildman–Crippen MR) is 103 cm³/mol. The smallest absolute Gasteiger partial charge is 0.257 e. The van der Waals surface area contributed by atoms with Crippen LogP contribution >= 0.6 is 0 Å². The molecule has 1 amide bonds. The van der Waals surface area contributed by atoms with Crippen molar-refractivity contribution in [3.63, 3.8) is 0 Å². The zero-order chi connectivity index (χ0) is 17.9. The van der Waals surface area contributed by atoms with E-state index in [4.69, 9.17) is 5.10 Å². The van der Waals surface area contributed by atoms with Gasteiger partial charge < -0.3 is 4.90 Å². The number of amides is 1. The van der Waals surface area contributed by atoms with Gasteiger partial charge in [-0.3, -0.25) is 9.48 Å². The summed E-state index contributed by atoms with van der Waals surface area (Å²) in [4.78, 5) is 14.9. The molecular formula is C22H21N3O. The van der Waals surface area contributed by atoms with Gasteiger partial charge in [-0.2, -0.15) is 5.10 Å². The van der Waals surface area contributed by atoms with Gasteiger partial charge in [0.1, 0.15) is 5.69 Å². The largest absolute Gasteiger partial charge is 0.337 e. The lowest BCUT2D eigenvalue weighted by Gasteiger charge is -2.37. The van der Waals surface area contributed by atoms with Crippen molar-refractivity contribution in [2.24, 2.45) is 5.92 Å². The van der Waals surface area contributed by atoms with E-state index in [1.165, 1.54) is 0 Å². The van der Waals surface area contributed by atoms with Gasteiger partial charge in [-0.25, -0.2) is 0 Å². The van der Waals surface area contributed by atoms with Crippen molar-refractivity contribution >= 4 is 5.91 Å². The van der Waals surface area contributed by atoms with Crippen molar-refractivity contribution < 1.29 is 4.79 Å². The quantitative estimate of drug-likeness (QED) is 0.660. The van der Waals surface area contributed by atoms with Crippen molar-refractivity contribution in [1.82, 2.24) is 14.7 Å². The number of carbonyl (C=O) groups excluding carboxylic acids is 1. The van der Waals surface area contributed by atoms with Crippen LogP contribution in [0.15, 0.2) is 79.5 Å². The third kappa shape index (κ3) is 3.18. The van der Waals surface area contributed by atoms with Crippen molar-refractivity contribution in [3.05, 3.63) is 90.6 Å². The summed E-state index contributed by atoms with van der Waals surface area (Å²) < 4.78 is 1.86. The molecule has 4 heteroatoms. The van der Waals surface area contributed by atoms with Crippen LogP contribution in [0.5, 0.6) is 0 Å². The second-order valence-corrected chi connectivity index (χ2v) is 6.65. The van der Waals surface area contributed by atoms with Crippen molar-refractivity contribution in [3.8, 4) is 11.3 Å². The van der Waals surface area contributed by atoms with Gasteiger partial charge in [0.05, 0.1) is 12.1 Å². The van der Waals surface area contributed by atoms with E-state index in [2.05, 4.69) is 18.7 Å². The molecule has 2 aromatic carbocycles. The average Bonchev–Trinajstić information content (AvgIpc) is 3.06. The average molecular weight is 343 g/mol. The second kappa shape index (κ2) is 7.00. The second-order valence-electron chi connectivity index (χ2n) is 6.65. The Kier molecular flexibility index (Phi) is 4.40. The summed E-state index contributed by atoms with van der Waals surface area (Å²) in [6.45, 7) is 5.93. The summed E-state index contributed by atoms with van der Waals surface area (Å²) in [5, 5.41) is 4.73. The molecule has 0 radical (unpaired) electrons. The molecule has 4 rings (SSSR count). The molecular weight excluding hydrogens is 322 g/mol. The van der Waals surface area contributed by atoms with E-state index in [0.29, 0.717) is 18.0 Å². The van der Waals surface area contributed by atoms with E-state index in [9.17, 15) is 4.79 Å². The van der Waals surface area contributed by atoms with E-state index in [1.54, 1.807) is 0 Å². The van der Waals surface area contributed by atoms with Gasteiger partial charge in [0.2, 0.25) is 0 Å². The number of likely N-dealkylation sites (tertiary alicyclic amines) is 1. The van der Waals surface area contributed by atoms with Crippen LogP contribution < -0.4 is 0 Å². The van der Waals surface area contributed by atoms with E-state index >= 15 is 0 Å². The summed E-state index contributed by atoms with van der Waals surface area (Å²) in [5.74, 6) is 0.444. The van der Waals surface area contributed by atoms with Gasteiger partial charge in [0.25, 0.3) is 5.91 Å². The van der Waals surface area contributed by atoms with Gasteiger partial charge in [-0.1, -0.05) is 66.7 Å². The SMILES string of the molecule is C=CC1CN(C(=O)c2cn(Cc3ccccc3)nc2-c2ccccc2)C1. The standard InChI is InChI=1S/C22H21N3O/c1-2-17-13-24(14-17)22(26)20-16-25(15-18-9-5-3-6-10-18)23-21(20)19-11-7-4-8-12-19/h2-12,16-17H,1,13-15H2. The molecule has 1 fully saturated rings. The molecule has 0 spiro atoms. The predicted octanol–water partition coefficient (Wildman–Crippen LogP) is 3.86. The maximum atomic E-state index is 13.0. The third-order valence-corrected chi connectivity index (χ3v) is 4.76. The topological polar surface area (TPSA) is 38.1 Å². The van der Waals surface area contributed by atoms with Gasteiger partial charge in [-0.05, 0) is 5.56 Å². The van der Waals surface area contributed by atoms with Crippen molar-refractivity contribution in [1.29, 1.82) is 0 Å². The summed E-state index contributed by atoms with van der Waals surface area (Å²) in [6, 6.07) is 20.0. The molecule has 0 atom stereocenters. The molecule has 0 unspecified atom stereocenters. The van der Waals surface area contributed by atoms with Gasteiger partial charge in [-0.15, -0.1) is 6.58 Å². The highest BCUT2D eigenvalue weighted by Crippen LogP contribution is 2.26. The Bertz CT molecular complexity index is 909. The molecule has 0 saturated carbocycles. The zero-order valence-electron chi connectivity index (χ0n) is 14.6.